The first-order valence-corrected chi connectivity index (χ1v) is 8.82. The first-order chi connectivity index (χ1) is 10.5. The smallest absolute Gasteiger partial charge is 0.240 e. The van der Waals surface area contributed by atoms with Gasteiger partial charge in [0.15, 0.2) is 0 Å². The number of hydrogen-bond donors (Lipinski definition) is 1. The Morgan fingerprint density at radius 2 is 2.09 bits per heavy atom. The van der Waals surface area contributed by atoms with Gasteiger partial charge in [0.1, 0.15) is 0 Å². The normalized spacial score (nSPS) is 15.5. The molecule has 1 amide bonds. The number of fused-ring (bicyclic) bond motifs is 1. The molecule has 0 aliphatic carbocycles. The SMILES string of the molecule is COCCCNS(=O)(=O)c1ccc2c(c1)CCCC(=O)N2C. The summed E-state index contributed by atoms with van der Waals surface area (Å²) in [5, 5.41) is 0. The summed E-state index contributed by atoms with van der Waals surface area (Å²) in [6, 6.07) is 4.93. The average Bonchev–Trinajstić information content (AvgIpc) is 2.63. The van der Waals surface area contributed by atoms with Crippen LogP contribution < -0.4 is 9.62 Å². The summed E-state index contributed by atoms with van der Waals surface area (Å²) in [7, 11) is -0.218. The third-order valence-corrected chi connectivity index (χ3v) is 5.21. The number of anilines is 1. The van der Waals surface area contributed by atoms with Gasteiger partial charge in [-0.25, -0.2) is 13.1 Å². The number of sulfonamides is 1. The Labute approximate surface area is 131 Å². The number of aryl methyl sites for hydroxylation is 1. The highest BCUT2D eigenvalue weighted by atomic mass is 32.2. The molecule has 0 unspecified atom stereocenters. The fourth-order valence-electron chi connectivity index (χ4n) is 2.49. The van der Waals surface area contributed by atoms with Crippen LogP contribution in [0.2, 0.25) is 0 Å². The predicted octanol–water partition coefficient (Wildman–Crippen LogP) is 1.30. The molecule has 0 aromatic heterocycles. The van der Waals surface area contributed by atoms with Crippen molar-refractivity contribution in [3.05, 3.63) is 23.8 Å². The molecule has 122 valence electrons. The topological polar surface area (TPSA) is 75.7 Å². The van der Waals surface area contributed by atoms with Gasteiger partial charge in [0.25, 0.3) is 0 Å². The summed E-state index contributed by atoms with van der Waals surface area (Å²) in [4.78, 5) is 13.7. The van der Waals surface area contributed by atoms with E-state index in [2.05, 4.69) is 4.72 Å². The Morgan fingerprint density at radius 1 is 1.32 bits per heavy atom. The summed E-state index contributed by atoms with van der Waals surface area (Å²) in [6.45, 7) is 0.852. The zero-order chi connectivity index (χ0) is 16.2. The quantitative estimate of drug-likeness (QED) is 0.800. The summed E-state index contributed by atoms with van der Waals surface area (Å²) in [6.07, 6.45) is 2.56. The summed E-state index contributed by atoms with van der Waals surface area (Å²) >= 11 is 0. The van der Waals surface area contributed by atoms with Crippen molar-refractivity contribution in [2.45, 2.75) is 30.6 Å². The molecule has 0 radical (unpaired) electrons. The molecule has 0 saturated heterocycles. The number of benzene rings is 1. The standard InChI is InChI=1S/C15H22N2O4S/c1-17-14-8-7-13(11-12(14)5-3-6-15(17)18)22(19,20)16-9-4-10-21-2/h7-8,11,16H,3-6,9-10H2,1-2H3. The number of nitrogens with one attached hydrogen (secondary N) is 1. The van der Waals surface area contributed by atoms with Crippen molar-refractivity contribution in [1.82, 2.24) is 4.72 Å². The van der Waals surface area contributed by atoms with Crippen LogP contribution in [0.1, 0.15) is 24.8 Å². The van der Waals surface area contributed by atoms with E-state index in [1.54, 1.807) is 37.3 Å². The Morgan fingerprint density at radius 3 is 2.82 bits per heavy atom. The number of amides is 1. The molecule has 1 heterocycles. The van der Waals surface area contributed by atoms with Crippen LogP contribution in [0, 0.1) is 0 Å². The van der Waals surface area contributed by atoms with Gasteiger partial charge >= 0.3 is 0 Å². The van der Waals surface area contributed by atoms with Crippen LogP contribution in [0.3, 0.4) is 0 Å². The molecule has 6 nitrogen and oxygen atoms in total. The van der Waals surface area contributed by atoms with Gasteiger partial charge in [-0.2, -0.15) is 0 Å². The number of nitrogens with zero attached hydrogens (tertiary/aromatic N) is 1. The molecule has 1 aliphatic rings. The zero-order valence-corrected chi connectivity index (χ0v) is 13.8. The minimum absolute atomic E-state index is 0.0621. The van der Waals surface area contributed by atoms with E-state index in [0.717, 1.165) is 17.7 Å². The molecule has 0 atom stereocenters. The van der Waals surface area contributed by atoms with Crippen molar-refractivity contribution < 1.29 is 17.9 Å². The average molecular weight is 326 g/mol. The maximum absolute atomic E-state index is 12.3. The largest absolute Gasteiger partial charge is 0.385 e. The second-order valence-corrected chi connectivity index (χ2v) is 7.11. The molecule has 0 saturated carbocycles. The Kier molecular flexibility index (Phi) is 5.55. The number of ether oxygens (including phenoxy) is 1. The van der Waals surface area contributed by atoms with E-state index in [9.17, 15) is 13.2 Å². The first-order valence-electron chi connectivity index (χ1n) is 7.34. The minimum atomic E-state index is -3.53. The van der Waals surface area contributed by atoms with Crippen LogP contribution in [0.5, 0.6) is 0 Å². The molecule has 0 spiro atoms. The Hall–Kier alpha value is -1.44. The highest BCUT2D eigenvalue weighted by molar-refractivity contribution is 7.89. The minimum Gasteiger partial charge on any atom is -0.385 e. The molecule has 0 fully saturated rings. The van der Waals surface area contributed by atoms with Crippen molar-refractivity contribution in [3.8, 4) is 0 Å². The second kappa shape index (κ2) is 7.21. The summed E-state index contributed by atoms with van der Waals surface area (Å²) in [5.74, 6) is 0.0621. The summed E-state index contributed by atoms with van der Waals surface area (Å²) < 4.78 is 32.0. The van der Waals surface area contributed by atoms with E-state index in [4.69, 9.17) is 4.74 Å². The van der Waals surface area contributed by atoms with E-state index >= 15 is 0 Å². The molecule has 22 heavy (non-hydrogen) atoms. The van der Waals surface area contributed by atoms with Gasteiger partial charge in [-0.1, -0.05) is 0 Å². The molecule has 0 bridgehead atoms. The molecule has 1 aromatic rings. The highest BCUT2D eigenvalue weighted by Crippen LogP contribution is 2.28. The van der Waals surface area contributed by atoms with Crippen LogP contribution in [0.25, 0.3) is 0 Å². The van der Waals surface area contributed by atoms with Gasteiger partial charge in [0, 0.05) is 39.4 Å². The fraction of sp³-hybridized carbons (Fsp3) is 0.533. The van der Waals surface area contributed by atoms with Crippen molar-refractivity contribution in [2.75, 3.05) is 32.2 Å². The second-order valence-electron chi connectivity index (χ2n) is 5.34. The van der Waals surface area contributed by atoms with Gasteiger partial charge < -0.3 is 9.64 Å². The predicted molar refractivity (Wildman–Crippen MR) is 84.5 cm³/mol. The number of hydrogen-bond acceptors (Lipinski definition) is 4. The van der Waals surface area contributed by atoms with E-state index < -0.39 is 10.0 Å². The van der Waals surface area contributed by atoms with Crippen LogP contribution in [-0.2, 0) is 26.0 Å². The molecular formula is C15H22N2O4S. The molecular weight excluding hydrogens is 304 g/mol. The maximum atomic E-state index is 12.3. The lowest BCUT2D eigenvalue weighted by Crippen LogP contribution is -2.27. The van der Waals surface area contributed by atoms with E-state index in [1.165, 1.54) is 0 Å². The third-order valence-electron chi connectivity index (χ3n) is 3.75. The van der Waals surface area contributed by atoms with Gasteiger partial charge in [-0.3, -0.25) is 4.79 Å². The Bertz CT molecular complexity index is 643. The van der Waals surface area contributed by atoms with Crippen molar-refractivity contribution >= 4 is 21.6 Å². The van der Waals surface area contributed by atoms with Crippen LogP contribution in [-0.4, -0.2) is 41.6 Å². The maximum Gasteiger partial charge on any atom is 0.240 e. The summed E-state index contributed by atoms with van der Waals surface area (Å²) in [5.41, 5.74) is 1.69. The highest BCUT2D eigenvalue weighted by Gasteiger charge is 2.21. The van der Waals surface area contributed by atoms with Crippen molar-refractivity contribution in [1.29, 1.82) is 0 Å². The molecule has 1 aliphatic heterocycles. The molecule has 1 aromatic carbocycles. The Balaban J connectivity index is 2.20. The van der Waals surface area contributed by atoms with E-state index in [1.807, 2.05) is 0 Å². The lowest BCUT2D eigenvalue weighted by molar-refractivity contribution is -0.118. The third kappa shape index (κ3) is 3.85. The zero-order valence-electron chi connectivity index (χ0n) is 13.0. The number of rotatable bonds is 6. The molecule has 7 heteroatoms. The van der Waals surface area contributed by atoms with Crippen LogP contribution in [0.15, 0.2) is 23.1 Å². The van der Waals surface area contributed by atoms with Gasteiger partial charge in [-0.15, -0.1) is 0 Å². The van der Waals surface area contributed by atoms with Gasteiger partial charge in [-0.05, 0) is 43.0 Å². The lowest BCUT2D eigenvalue weighted by Gasteiger charge is -2.18. The van der Waals surface area contributed by atoms with E-state index in [-0.39, 0.29) is 10.8 Å². The monoisotopic (exact) mass is 326 g/mol. The van der Waals surface area contributed by atoms with E-state index in [0.29, 0.717) is 32.4 Å². The molecule has 2 rings (SSSR count). The number of carbonyl (C=O) groups is 1. The van der Waals surface area contributed by atoms with Gasteiger partial charge in [0.2, 0.25) is 15.9 Å². The fourth-order valence-corrected chi connectivity index (χ4v) is 3.62. The van der Waals surface area contributed by atoms with Crippen molar-refractivity contribution in [2.24, 2.45) is 0 Å². The first kappa shape index (κ1) is 16.9. The van der Waals surface area contributed by atoms with Crippen molar-refractivity contribution in [3.63, 3.8) is 0 Å². The number of methoxy groups -OCH3 is 1. The number of carbonyl (C=O) groups excluding carboxylic acids is 1. The van der Waals surface area contributed by atoms with Gasteiger partial charge in [0.05, 0.1) is 4.90 Å². The molecule has 1 N–H and O–H groups in total. The lowest BCUT2D eigenvalue weighted by atomic mass is 10.1. The van der Waals surface area contributed by atoms with Crippen LogP contribution >= 0.6 is 0 Å². The van der Waals surface area contributed by atoms with Crippen LogP contribution in [0.4, 0.5) is 5.69 Å².